The van der Waals surface area contributed by atoms with Crippen LogP contribution in [0.4, 0.5) is 0 Å². The summed E-state index contributed by atoms with van der Waals surface area (Å²) in [6, 6.07) is 8.90. The fourth-order valence-corrected chi connectivity index (χ4v) is 2.17. The van der Waals surface area contributed by atoms with Crippen molar-refractivity contribution >= 4 is 17.7 Å². The van der Waals surface area contributed by atoms with Crippen LogP contribution in [0.1, 0.15) is 12.0 Å². The van der Waals surface area contributed by atoms with Crippen LogP contribution < -0.4 is 5.73 Å². The Balaban J connectivity index is 2.19. The van der Waals surface area contributed by atoms with E-state index in [0.29, 0.717) is 5.75 Å². The second-order valence-corrected chi connectivity index (χ2v) is 5.00. The number of rotatable bonds is 8. The van der Waals surface area contributed by atoms with Crippen molar-refractivity contribution in [2.24, 2.45) is 5.73 Å². The summed E-state index contributed by atoms with van der Waals surface area (Å²) in [6.07, 6.45) is 0.719. The monoisotopic (exact) mass is 269 g/mol. The van der Waals surface area contributed by atoms with E-state index in [4.69, 9.17) is 15.6 Å². The first-order chi connectivity index (χ1) is 8.74. The molecule has 0 aliphatic rings. The van der Waals surface area contributed by atoms with Crippen molar-refractivity contribution in [2.45, 2.75) is 19.1 Å². The molecule has 0 aromatic heterocycles. The molecular formula is C13H19NO3S. The van der Waals surface area contributed by atoms with Gasteiger partial charge in [0.15, 0.2) is 0 Å². The highest BCUT2D eigenvalue weighted by atomic mass is 32.2. The number of carbonyl (C=O) groups excluding carboxylic acids is 1. The van der Waals surface area contributed by atoms with Crippen LogP contribution in [-0.2, 0) is 16.1 Å². The number of carbonyl (C=O) groups is 1. The third kappa shape index (κ3) is 6.05. The van der Waals surface area contributed by atoms with Gasteiger partial charge in [0, 0.05) is 12.4 Å². The first kappa shape index (κ1) is 15.0. The van der Waals surface area contributed by atoms with Crippen LogP contribution >= 0.6 is 11.8 Å². The molecule has 5 heteroatoms. The first-order valence-electron chi connectivity index (χ1n) is 5.88. The van der Waals surface area contributed by atoms with Crippen LogP contribution in [0.15, 0.2) is 30.3 Å². The molecule has 1 unspecified atom stereocenters. The highest BCUT2D eigenvalue weighted by Gasteiger charge is 2.14. The Bertz CT molecular complexity index is 345. The summed E-state index contributed by atoms with van der Waals surface area (Å²) in [6.45, 7) is 0.426. The molecule has 0 fully saturated rings. The molecule has 0 amide bonds. The largest absolute Gasteiger partial charge is 0.460 e. The minimum atomic E-state index is -0.600. The maximum absolute atomic E-state index is 11.6. The van der Waals surface area contributed by atoms with Crippen LogP contribution in [-0.4, -0.2) is 35.2 Å². The van der Waals surface area contributed by atoms with Gasteiger partial charge in [-0.3, -0.25) is 4.79 Å². The lowest BCUT2D eigenvalue weighted by atomic mass is 10.2. The summed E-state index contributed by atoms with van der Waals surface area (Å²) < 4.78 is 5.12. The van der Waals surface area contributed by atoms with E-state index in [1.807, 2.05) is 30.3 Å². The Hall–Kier alpha value is -1.04. The predicted octanol–water partition coefficient (Wildman–Crippen LogP) is 1.17. The number of benzene rings is 1. The van der Waals surface area contributed by atoms with Crippen LogP contribution in [0.25, 0.3) is 0 Å². The second kappa shape index (κ2) is 8.97. The van der Waals surface area contributed by atoms with E-state index < -0.39 is 6.04 Å². The van der Waals surface area contributed by atoms with E-state index in [0.717, 1.165) is 17.7 Å². The average molecular weight is 269 g/mol. The minimum Gasteiger partial charge on any atom is -0.460 e. The molecule has 0 bridgehead atoms. The predicted molar refractivity (Wildman–Crippen MR) is 73.2 cm³/mol. The highest BCUT2D eigenvalue weighted by Crippen LogP contribution is 2.06. The van der Waals surface area contributed by atoms with Gasteiger partial charge in [-0.15, -0.1) is 0 Å². The topological polar surface area (TPSA) is 72.5 Å². The van der Waals surface area contributed by atoms with Crippen LogP contribution in [0, 0.1) is 0 Å². The molecule has 0 radical (unpaired) electrons. The Morgan fingerprint density at radius 3 is 2.78 bits per heavy atom. The SMILES string of the molecule is NC(CSCCCO)C(=O)OCc1ccccc1. The van der Waals surface area contributed by atoms with Gasteiger partial charge >= 0.3 is 5.97 Å². The van der Waals surface area contributed by atoms with Gasteiger partial charge in [-0.25, -0.2) is 0 Å². The first-order valence-corrected chi connectivity index (χ1v) is 7.04. The van der Waals surface area contributed by atoms with Crippen LogP contribution in [0.5, 0.6) is 0 Å². The molecule has 1 rings (SSSR count). The van der Waals surface area contributed by atoms with Gasteiger partial charge in [0.05, 0.1) is 0 Å². The van der Waals surface area contributed by atoms with Gasteiger partial charge in [0.1, 0.15) is 12.6 Å². The molecule has 0 spiro atoms. The van der Waals surface area contributed by atoms with Crippen molar-refractivity contribution in [3.8, 4) is 0 Å². The third-order valence-electron chi connectivity index (χ3n) is 2.27. The maximum Gasteiger partial charge on any atom is 0.324 e. The quantitative estimate of drug-likeness (QED) is 0.547. The van der Waals surface area contributed by atoms with Crippen LogP contribution in [0.2, 0.25) is 0 Å². The lowest BCUT2D eigenvalue weighted by Crippen LogP contribution is -2.34. The van der Waals surface area contributed by atoms with Gasteiger partial charge in [0.25, 0.3) is 0 Å². The summed E-state index contributed by atoms with van der Waals surface area (Å²) in [5, 5.41) is 8.61. The molecule has 100 valence electrons. The zero-order valence-electron chi connectivity index (χ0n) is 10.2. The van der Waals surface area contributed by atoms with E-state index in [2.05, 4.69) is 0 Å². The van der Waals surface area contributed by atoms with E-state index in [9.17, 15) is 4.79 Å². The molecule has 1 aromatic rings. The average Bonchev–Trinajstić information content (AvgIpc) is 2.42. The van der Waals surface area contributed by atoms with Crippen molar-refractivity contribution in [3.63, 3.8) is 0 Å². The molecule has 1 atom stereocenters. The number of hydrogen-bond donors (Lipinski definition) is 2. The molecule has 0 aliphatic heterocycles. The zero-order valence-corrected chi connectivity index (χ0v) is 11.1. The second-order valence-electron chi connectivity index (χ2n) is 3.85. The molecule has 0 aliphatic carbocycles. The molecule has 4 nitrogen and oxygen atoms in total. The summed E-state index contributed by atoms with van der Waals surface area (Å²) in [5.74, 6) is 0.944. The van der Waals surface area contributed by atoms with E-state index >= 15 is 0 Å². The van der Waals surface area contributed by atoms with E-state index in [1.54, 1.807) is 11.8 Å². The Labute approximate surface area is 112 Å². The Kier molecular flexibility index (Phi) is 7.48. The molecule has 0 saturated carbocycles. The maximum atomic E-state index is 11.6. The van der Waals surface area contributed by atoms with E-state index in [1.165, 1.54) is 0 Å². The molecule has 1 aromatic carbocycles. The van der Waals surface area contributed by atoms with Crippen molar-refractivity contribution in [1.82, 2.24) is 0 Å². The van der Waals surface area contributed by atoms with E-state index in [-0.39, 0.29) is 19.2 Å². The highest BCUT2D eigenvalue weighted by molar-refractivity contribution is 7.99. The number of nitrogens with two attached hydrogens (primary N) is 1. The number of ether oxygens (including phenoxy) is 1. The lowest BCUT2D eigenvalue weighted by molar-refractivity contribution is -0.145. The smallest absolute Gasteiger partial charge is 0.324 e. The third-order valence-corrected chi connectivity index (χ3v) is 3.44. The number of aliphatic hydroxyl groups is 1. The molecular weight excluding hydrogens is 250 g/mol. The minimum absolute atomic E-state index is 0.167. The van der Waals surface area contributed by atoms with Crippen molar-refractivity contribution in [3.05, 3.63) is 35.9 Å². The van der Waals surface area contributed by atoms with Crippen molar-refractivity contribution in [1.29, 1.82) is 0 Å². The lowest BCUT2D eigenvalue weighted by Gasteiger charge is -2.11. The van der Waals surface area contributed by atoms with Gasteiger partial charge in [-0.2, -0.15) is 11.8 Å². The summed E-state index contributed by atoms with van der Waals surface area (Å²) in [7, 11) is 0. The fraction of sp³-hybridized carbons (Fsp3) is 0.462. The summed E-state index contributed by atoms with van der Waals surface area (Å²) >= 11 is 1.55. The normalized spacial score (nSPS) is 12.1. The summed E-state index contributed by atoms with van der Waals surface area (Å²) in [4.78, 5) is 11.6. The van der Waals surface area contributed by atoms with Crippen molar-refractivity contribution in [2.75, 3.05) is 18.1 Å². The van der Waals surface area contributed by atoms with Crippen molar-refractivity contribution < 1.29 is 14.6 Å². The molecule has 0 heterocycles. The van der Waals surface area contributed by atoms with Gasteiger partial charge in [-0.1, -0.05) is 30.3 Å². The zero-order chi connectivity index (χ0) is 13.2. The van der Waals surface area contributed by atoms with Gasteiger partial charge in [0.2, 0.25) is 0 Å². The number of esters is 1. The van der Waals surface area contributed by atoms with Crippen LogP contribution in [0.3, 0.4) is 0 Å². The summed E-state index contributed by atoms with van der Waals surface area (Å²) in [5.41, 5.74) is 6.66. The number of aliphatic hydroxyl groups excluding tert-OH is 1. The Morgan fingerprint density at radius 1 is 1.39 bits per heavy atom. The molecule has 18 heavy (non-hydrogen) atoms. The number of hydrogen-bond acceptors (Lipinski definition) is 5. The molecule has 3 N–H and O–H groups in total. The van der Waals surface area contributed by atoms with Gasteiger partial charge < -0.3 is 15.6 Å². The fourth-order valence-electron chi connectivity index (χ4n) is 1.28. The molecule has 0 saturated heterocycles. The standard InChI is InChI=1S/C13H19NO3S/c14-12(10-18-8-4-7-15)13(16)17-9-11-5-2-1-3-6-11/h1-3,5-6,12,15H,4,7-10,14H2. The Morgan fingerprint density at radius 2 is 2.11 bits per heavy atom. The number of thioether (sulfide) groups is 1. The van der Waals surface area contributed by atoms with Gasteiger partial charge in [-0.05, 0) is 17.7 Å².